The largest absolute Gasteiger partial charge is 0.309 e. The molecular weight excluding hydrogens is 256 g/mol. The molecule has 0 spiro atoms. The molecule has 20 heavy (non-hydrogen) atoms. The quantitative estimate of drug-likeness (QED) is 0.885. The maximum atomic E-state index is 14.1. The number of aryl methyl sites for hydroxylation is 3. The predicted octanol–water partition coefficient (Wildman–Crippen LogP) is 4.20. The van der Waals surface area contributed by atoms with Crippen LogP contribution in [-0.2, 0) is 0 Å². The average Bonchev–Trinajstić information content (AvgIpc) is 2.37. The third-order valence-corrected chi connectivity index (χ3v) is 3.60. The SMILES string of the molecule is CNC(c1cc(C)ccc1F)c1c(C)cc(F)cc1C. The van der Waals surface area contributed by atoms with Crippen LogP contribution in [0.15, 0.2) is 30.3 Å². The molecule has 2 aromatic carbocycles. The minimum absolute atomic E-state index is 0.252. The second-order valence-corrected chi connectivity index (χ2v) is 5.20. The number of nitrogens with one attached hydrogen (secondary N) is 1. The Morgan fingerprint density at radius 1 is 0.950 bits per heavy atom. The number of benzene rings is 2. The molecule has 106 valence electrons. The molecule has 0 amide bonds. The zero-order chi connectivity index (χ0) is 14.9. The Kier molecular flexibility index (Phi) is 4.19. The van der Waals surface area contributed by atoms with E-state index in [1.165, 1.54) is 18.2 Å². The molecule has 0 aliphatic carbocycles. The smallest absolute Gasteiger partial charge is 0.128 e. The number of hydrogen-bond acceptors (Lipinski definition) is 1. The molecule has 1 atom stereocenters. The molecule has 0 aromatic heterocycles. The normalized spacial score (nSPS) is 12.5. The van der Waals surface area contributed by atoms with Gasteiger partial charge >= 0.3 is 0 Å². The van der Waals surface area contributed by atoms with E-state index in [1.54, 1.807) is 13.1 Å². The molecule has 2 aromatic rings. The van der Waals surface area contributed by atoms with Crippen LogP contribution < -0.4 is 5.32 Å². The molecule has 0 saturated heterocycles. The molecule has 0 heterocycles. The topological polar surface area (TPSA) is 12.0 Å². The molecule has 0 saturated carbocycles. The summed E-state index contributed by atoms with van der Waals surface area (Å²) in [7, 11) is 1.79. The molecule has 0 aliphatic heterocycles. The Balaban J connectivity index is 2.61. The number of halogens is 2. The van der Waals surface area contributed by atoms with Gasteiger partial charge in [-0.05, 0) is 62.7 Å². The third-order valence-electron chi connectivity index (χ3n) is 3.60. The number of hydrogen-bond donors (Lipinski definition) is 1. The second-order valence-electron chi connectivity index (χ2n) is 5.20. The Bertz CT molecular complexity index is 612. The van der Waals surface area contributed by atoms with E-state index < -0.39 is 0 Å². The lowest BCUT2D eigenvalue weighted by molar-refractivity contribution is 0.571. The summed E-state index contributed by atoms with van der Waals surface area (Å²) in [6.45, 7) is 5.63. The van der Waals surface area contributed by atoms with Crippen molar-refractivity contribution in [3.63, 3.8) is 0 Å². The van der Waals surface area contributed by atoms with Crippen LogP contribution in [0.3, 0.4) is 0 Å². The van der Waals surface area contributed by atoms with Gasteiger partial charge in [-0.3, -0.25) is 0 Å². The van der Waals surface area contributed by atoms with E-state index in [9.17, 15) is 8.78 Å². The van der Waals surface area contributed by atoms with Crippen molar-refractivity contribution in [3.05, 3.63) is 69.8 Å². The van der Waals surface area contributed by atoms with Crippen LogP contribution in [-0.4, -0.2) is 7.05 Å². The minimum atomic E-state index is -0.282. The lowest BCUT2D eigenvalue weighted by Crippen LogP contribution is -2.21. The second kappa shape index (κ2) is 5.71. The van der Waals surface area contributed by atoms with Gasteiger partial charge in [0, 0.05) is 5.56 Å². The highest BCUT2D eigenvalue weighted by atomic mass is 19.1. The zero-order valence-corrected chi connectivity index (χ0v) is 12.2. The summed E-state index contributed by atoms with van der Waals surface area (Å²) in [5, 5.41) is 3.14. The van der Waals surface area contributed by atoms with Gasteiger partial charge in [0.2, 0.25) is 0 Å². The molecule has 0 radical (unpaired) electrons. The molecule has 0 bridgehead atoms. The first-order chi connectivity index (χ1) is 9.43. The summed E-state index contributed by atoms with van der Waals surface area (Å²) in [5.74, 6) is -0.513. The highest BCUT2D eigenvalue weighted by molar-refractivity contribution is 5.43. The van der Waals surface area contributed by atoms with Crippen molar-refractivity contribution in [2.75, 3.05) is 7.05 Å². The van der Waals surface area contributed by atoms with Gasteiger partial charge in [-0.15, -0.1) is 0 Å². The average molecular weight is 275 g/mol. The standard InChI is InChI=1S/C17H19F2N/c1-10-5-6-15(19)14(7-10)17(20-4)16-11(2)8-13(18)9-12(16)3/h5-9,17,20H,1-4H3. The Morgan fingerprint density at radius 2 is 1.55 bits per heavy atom. The molecule has 0 fully saturated rings. The molecule has 1 N–H and O–H groups in total. The van der Waals surface area contributed by atoms with Crippen molar-refractivity contribution >= 4 is 0 Å². The maximum absolute atomic E-state index is 14.1. The summed E-state index contributed by atoms with van der Waals surface area (Å²) in [5.41, 5.74) is 4.16. The summed E-state index contributed by atoms with van der Waals surface area (Å²) in [6, 6.07) is 7.74. The van der Waals surface area contributed by atoms with Crippen molar-refractivity contribution in [1.82, 2.24) is 5.32 Å². The van der Waals surface area contributed by atoms with Gasteiger partial charge in [-0.2, -0.15) is 0 Å². The Hall–Kier alpha value is -1.74. The van der Waals surface area contributed by atoms with Crippen molar-refractivity contribution in [2.24, 2.45) is 0 Å². The van der Waals surface area contributed by atoms with E-state index >= 15 is 0 Å². The minimum Gasteiger partial charge on any atom is -0.309 e. The lowest BCUT2D eigenvalue weighted by Gasteiger charge is -2.22. The van der Waals surface area contributed by atoms with E-state index in [0.717, 1.165) is 22.3 Å². The van der Waals surface area contributed by atoms with E-state index in [1.807, 2.05) is 26.8 Å². The predicted molar refractivity (Wildman–Crippen MR) is 77.9 cm³/mol. The summed E-state index contributed by atoms with van der Waals surface area (Å²) < 4.78 is 27.5. The molecule has 3 heteroatoms. The monoisotopic (exact) mass is 275 g/mol. The van der Waals surface area contributed by atoms with Gasteiger partial charge in [0.25, 0.3) is 0 Å². The molecule has 1 unspecified atom stereocenters. The van der Waals surface area contributed by atoms with Gasteiger partial charge in [-0.1, -0.05) is 17.7 Å². The van der Waals surface area contributed by atoms with Gasteiger partial charge in [0.1, 0.15) is 11.6 Å². The molecular formula is C17H19F2N. The molecule has 2 rings (SSSR count). The van der Waals surface area contributed by atoms with Gasteiger partial charge in [0.05, 0.1) is 6.04 Å². The first-order valence-corrected chi connectivity index (χ1v) is 6.64. The highest BCUT2D eigenvalue weighted by Crippen LogP contribution is 2.30. The fourth-order valence-corrected chi connectivity index (χ4v) is 2.72. The van der Waals surface area contributed by atoms with Crippen LogP contribution in [0.4, 0.5) is 8.78 Å². The summed E-state index contributed by atoms with van der Waals surface area (Å²) >= 11 is 0. The zero-order valence-electron chi connectivity index (χ0n) is 12.2. The first-order valence-electron chi connectivity index (χ1n) is 6.64. The van der Waals surface area contributed by atoms with Crippen molar-refractivity contribution in [3.8, 4) is 0 Å². The van der Waals surface area contributed by atoms with Gasteiger partial charge in [0.15, 0.2) is 0 Å². The van der Waals surface area contributed by atoms with Crippen LogP contribution in [0.1, 0.15) is 33.9 Å². The van der Waals surface area contributed by atoms with Crippen LogP contribution in [0.2, 0.25) is 0 Å². The van der Waals surface area contributed by atoms with Crippen LogP contribution in [0.5, 0.6) is 0 Å². The van der Waals surface area contributed by atoms with E-state index in [2.05, 4.69) is 5.32 Å². The van der Waals surface area contributed by atoms with Crippen molar-refractivity contribution in [2.45, 2.75) is 26.8 Å². The first kappa shape index (κ1) is 14.7. The van der Waals surface area contributed by atoms with Gasteiger partial charge in [-0.25, -0.2) is 8.78 Å². The Labute approximate surface area is 118 Å². The van der Waals surface area contributed by atoms with Crippen molar-refractivity contribution < 1.29 is 8.78 Å². The number of rotatable bonds is 3. The van der Waals surface area contributed by atoms with E-state index in [0.29, 0.717) is 5.56 Å². The van der Waals surface area contributed by atoms with E-state index in [-0.39, 0.29) is 17.7 Å². The van der Waals surface area contributed by atoms with Crippen LogP contribution >= 0.6 is 0 Å². The fourth-order valence-electron chi connectivity index (χ4n) is 2.72. The Morgan fingerprint density at radius 3 is 2.10 bits per heavy atom. The maximum Gasteiger partial charge on any atom is 0.128 e. The summed E-state index contributed by atoms with van der Waals surface area (Å²) in [4.78, 5) is 0. The summed E-state index contributed by atoms with van der Waals surface area (Å²) in [6.07, 6.45) is 0. The highest BCUT2D eigenvalue weighted by Gasteiger charge is 2.20. The molecule has 1 nitrogen and oxygen atoms in total. The third kappa shape index (κ3) is 2.73. The van der Waals surface area contributed by atoms with Gasteiger partial charge < -0.3 is 5.32 Å². The van der Waals surface area contributed by atoms with Crippen molar-refractivity contribution in [1.29, 1.82) is 0 Å². The van der Waals surface area contributed by atoms with E-state index in [4.69, 9.17) is 0 Å². The fraction of sp³-hybridized carbons (Fsp3) is 0.294. The van der Waals surface area contributed by atoms with Crippen LogP contribution in [0, 0.1) is 32.4 Å². The van der Waals surface area contributed by atoms with Crippen LogP contribution in [0.25, 0.3) is 0 Å². The lowest BCUT2D eigenvalue weighted by atomic mass is 9.90. The molecule has 0 aliphatic rings.